The number of pyridine rings is 1. The van der Waals surface area contributed by atoms with Gasteiger partial charge in [-0.15, -0.1) is 0 Å². The number of nitrogens with one attached hydrogen (secondary N) is 3. The number of aromatic nitrogens is 3. The minimum atomic E-state index is -0.679. The summed E-state index contributed by atoms with van der Waals surface area (Å²) in [6.45, 7) is 1.85. The van der Waals surface area contributed by atoms with E-state index >= 15 is 0 Å². The number of amides is 1. The van der Waals surface area contributed by atoms with E-state index in [1.54, 1.807) is 18.3 Å². The molecule has 0 atom stereocenters. The second-order valence-corrected chi connectivity index (χ2v) is 6.57. The van der Waals surface area contributed by atoms with Crippen LogP contribution in [0.25, 0.3) is 0 Å². The van der Waals surface area contributed by atoms with Crippen molar-refractivity contribution in [2.45, 2.75) is 6.92 Å². The number of carbonyl (C=O) groups is 1. The minimum Gasteiger partial charge on any atom is -0.319 e. The van der Waals surface area contributed by atoms with Gasteiger partial charge >= 0.3 is 5.69 Å². The molecule has 29 heavy (non-hydrogen) atoms. The Balaban J connectivity index is 1.83. The van der Waals surface area contributed by atoms with Crippen LogP contribution in [0, 0.1) is 17.0 Å². The van der Waals surface area contributed by atoms with Crippen LogP contribution in [0.1, 0.15) is 15.9 Å². The fourth-order valence-corrected chi connectivity index (χ4v) is 2.81. The number of rotatable bonds is 6. The van der Waals surface area contributed by atoms with E-state index in [-0.39, 0.29) is 22.2 Å². The van der Waals surface area contributed by atoms with Crippen LogP contribution < -0.4 is 16.2 Å². The number of nitrogens with zero attached hydrogens (tertiary/aromatic N) is 4. The molecule has 3 N–H and O–H groups in total. The molecule has 0 saturated carbocycles. The molecule has 3 rings (SSSR count). The lowest BCUT2D eigenvalue weighted by molar-refractivity contribution is -0.383. The number of halogens is 2. The van der Waals surface area contributed by atoms with Gasteiger partial charge in [0.1, 0.15) is 12.1 Å². The summed E-state index contributed by atoms with van der Waals surface area (Å²) in [5, 5.41) is 14.9. The van der Waals surface area contributed by atoms with Gasteiger partial charge in [-0.3, -0.25) is 25.8 Å². The molecule has 2 aromatic heterocycles. The van der Waals surface area contributed by atoms with E-state index in [1.807, 2.05) is 6.92 Å². The Labute approximate surface area is 174 Å². The zero-order valence-corrected chi connectivity index (χ0v) is 16.3. The van der Waals surface area contributed by atoms with Crippen molar-refractivity contribution in [3.63, 3.8) is 0 Å². The molecule has 0 spiro atoms. The Kier molecular flexibility index (Phi) is 6.05. The van der Waals surface area contributed by atoms with Crippen LogP contribution in [0.15, 0.2) is 42.9 Å². The summed E-state index contributed by atoms with van der Waals surface area (Å²) in [7, 11) is 0. The predicted molar refractivity (Wildman–Crippen MR) is 108 cm³/mol. The molecule has 12 heteroatoms. The van der Waals surface area contributed by atoms with Gasteiger partial charge in [0, 0.05) is 11.2 Å². The van der Waals surface area contributed by atoms with Crippen molar-refractivity contribution in [2.24, 2.45) is 0 Å². The van der Waals surface area contributed by atoms with Crippen LogP contribution in [-0.2, 0) is 0 Å². The van der Waals surface area contributed by atoms with Crippen molar-refractivity contribution in [3.8, 4) is 0 Å². The molecule has 0 fully saturated rings. The maximum Gasteiger partial charge on any atom is 0.355 e. The maximum atomic E-state index is 12.3. The lowest BCUT2D eigenvalue weighted by atomic mass is 10.2. The van der Waals surface area contributed by atoms with Crippen LogP contribution in [-0.4, -0.2) is 25.8 Å². The lowest BCUT2D eigenvalue weighted by Gasteiger charge is -2.11. The summed E-state index contributed by atoms with van der Waals surface area (Å²) in [5.41, 5.74) is 5.31. The van der Waals surface area contributed by atoms with Crippen LogP contribution >= 0.6 is 23.2 Å². The highest BCUT2D eigenvalue weighted by Gasteiger charge is 2.24. The zero-order chi connectivity index (χ0) is 21.0. The number of hydrogen-bond acceptors (Lipinski definition) is 8. The smallest absolute Gasteiger partial charge is 0.319 e. The molecule has 148 valence electrons. The number of benzene rings is 1. The molecule has 1 amide bonds. The van der Waals surface area contributed by atoms with Crippen LogP contribution in [0.4, 0.5) is 23.1 Å². The fourth-order valence-electron chi connectivity index (χ4n) is 2.32. The molecule has 2 heterocycles. The average Bonchev–Trinajstić information content (AvgIpc) is 2.66. The van der Waals surface area contributed by atoms with Gasteiger partial charge in [0.05, 0.1) is 15.5 Å². The van der Waals surface area contributed by atoms with Crippen molar-refractivity contribution in [1.29, 1.82) is 0 Å². The topological polar surface area (TPSA) is 135 Å². The van der Waals surface area contributed by atoms with Gasteiger partial charge < -0.3 is 5.32 Å². The van der Waals surface area contributed by atoms with Gasteiger partial charge in [-0.25, -0.2) is 15.0 Å². The normalized spacial score (nSPS) is 10.3. The Morgan fingerprint density at radius 2 is 1.86 bits per heavy atom. The second kappa shape index (κ2) is 8.67. The first kappa shape index (κ1) is 20.2. The van der Waals surface area contributed by atoms with Crippen LogP contribution in [0.3, 0.4) is 0 Å². The molecule has 0 aliphatic heterocycles. The summed E-state index contributed by atoms with van der Waals surface area (Å²) >= 11 is 11.8. The molecule has 0 saturated heterocycles. The molecule has 3 aromatic rings. The Bertz CT molecular complexity index is 1090. The van der Waals surface area contributed by atoms with Gasteiger partial charge in [0.25, 0.3) is 5.91 Å². The molecule has 0 radical (unpaired) electrons. The Morgan fingerprint density at radius 1 is 1.10 bits per heavy atom. The SMILES string of the molecule is Cc1ccnc(Nc2ncnc(NNC(=O)c3ccc(Cl)cc3Cl)c2[N+](=O)[O-])c1. The van der Waals surface area contributed by atoms with Gasteiger partial charge in [-0.2, -0.15) is 0 Å². The van der Waals surface area contributed by atoms with Gasteiger partial charge in [0.2, 0.25) is 11.6 Å². The Morgan fingerprint density at radius 3 is 2.55 bits per heavy atom. The summed E-state index contributed by atoms with van der Waals surface area (Å²) < 4.78 is 0. The molecule has 10 nitrogen and oxygen atoms in total. The van der Waals surface area contributed by atoms with Crippen molar-refractivity contribution in [2.75, 3.05) is 10.7 Å². The van der Waals surface area contributed by atoms with E-state index in [0.29, 0.717) is 10.8 Å². The van der Waals surface area contributed by atoms with Crippen LogP contribution in [0.5, 0.6) is 0 Å². The standard InChI is InChI=1S/C17H13Cl2N7O3/c1-9-4-5-20-13(6-9)23-15-14(26(28)29)16(22-8-21-15)24-25-17(27)11-3-2-10(18)7-12(11)19/h2-8H,1H3,(H,25,27)(H2,20,21,22,23,24). The average molecular weight is 434 g/mol. The quantitative estimate of drug-likeness (QED) is 0.393. The summed E-state index contributed by atoms with van der Waals surface area (Å²) in [4.78, 5) is 35.0. The van der Waals surface area contributed by atoms with E-state index in [2.05, 4.69) is 31.1 Å². The van der Waals surface area contributed by atoms with Gasteiger partial charge in [-0.1, -0.05) is 23.2 Å². The number of hydrogen-bond donors (Lipinski definition) is 3. The predicted octanol–water partition coefficient (Wildman–Crippen LogP) is 3.90. The highest BCUT2D eigenvalue weighted by atomic mass is 35.5. The van der Waals surface area contributed by atoms with Crippen LogP contribution in [0.2, 0.25) is 10.0 Å². The van der Waals surface area contributed by atoms with E-state index < -0.39 is 16.5 Å². The summed E-state index contributed by atoms with van der Waals surface area (Å²) in [5.74, 6) is -0.577. The highest BCUT2D eigenvalue weighted by molar-refractivity contribution is 6.36. The first-order valence-electron chi connectivity index (χ1n) is 8.05. The zero-order valence-electron chi connectivity index (χ0n) is 14.8. The molecule has 1 aromatic carbocycles. The molecule has 0 bridgehead atoms. The second-order valence-electron chi connectivity index (χ2n) is 5.72. The lowest BCUT2D eigenvalue weighted by Crippen LogP contribution is -2.30. The number of carbonyl (C=O) groups excluding carboxylic acids is 1. The first-order chi connectivity index (χ1) is 13.8. The van der Waals surface area contributed by atoms with Crippen molar-refractivity contribution >= 4 is 52.3 Å². The van der Waals surface area contributed by atoms with Crippen molar-refractivity contribution in [3.05, 3.63) is 74.1 Å². The number of aryl methyl sites for hydroxylation is 1. The third kappa shape index (κ3) is 4.86. The summed E-state index contributed by atoms with van der Waals surface area (Å²) in [6, 6.07) is 7.80. The van der Waals surface area contributed by atoms with E-state index in [1.165, 1.54) is 18.2 Å². The highest BCUT2D eigenvalue weighted by Crippen LogP contribution is 2.30. The molecular weight excluding hydrogens is 421 g/mol. The fraction of sp³-hybridized carbons (Fsp3) is 0.0588. The molecule has 0 aliphatic carbocycles. The number of nitro groups is 1. The first-order valence-corrected chi connectivity index (χ1v) is 8.81. The molecular formula is C17H13Cl2N7O3. The number of anilines is 3. The van der Waals surface area contributed by atoms with Gasteiger partial charge in [-0.05, 0) is 42.8 Å². The third-order valence-electron chi connectivity index (χ3n) is 3.64. The van der Waals surface area contributed by atoms with Crippen molar-refractivity contribution < 1.29 is 9.72 Å². The van der Waals surface area contributed by atoms with Gasteiger partial charge in [0.15, 0.2) is 0 Å². The van der Waals surface area contributed by atoms with E-state index in [0.717, 1.165) is 11.9 Å². The number of hydrazine groups is 1. The van der Waals surface area contributed by atoms with E-state index in [4.69, 9.17) is 23.2 Å². The Hall–Kier alpha value is -3.50. The van der Waals surface area contributed by atoms with Crippen molar-refractivity contribution in [1.82, 2.24) is 20.4 Å². The third-order valence-corrected chi connectivity index (χ3v) is 4.18. The molecule has 0 aliphatic rings. The van der Waals surface area contributed by atoms with E-state index in [9.17, 15) is 14.9 Å². The molecule has 0 unspecified atom stereocenters. The maximum absolute atomic E-state index is 12.3. The monoisotopic (exact) mass is 433 g/mol. The minimum absolute atomic E-state index is 0.0932. The largest absolute Gasteiger partial charge is 0.355 e. The summed E-state index contributed by atoms with van der Waals surface area (Å²) in [6.07, 6.45) is 2.66.